The van der Waals surface area contributed by atoms with Gasteiger partial charge in [0.1, 0.15) is 5.82 Å². The van der Waals surface area contributed by atoms with Crippen LogP contribution in [0.1, 0.15) is 12.5 Å². The Bertz CT molecular complexity index is 965. The number of hydrogen-bond acceptors (Lipinski definition) is 5. The molecule has 1 fully saturated rings. The molecular formula is C22H27N5OS. The Labute approximate surface area is 175 Å². The molecule has 29 heavy (non-hydrogen) atoms. The SMILES string of the molecule is CCNC(=O)Nc1cccc(CCN2CCN(c3nsc4ccccc34)CC2)c1. The normalized spacial score (nSPS) is 14.9. The first kappa shape index (κ1) is 19.7. The van der Waals surface area contributed by atoms with Gasteiger partial charge in [0.2, 0.25) is 0 Å². The molecule has 6 nitrogen and oxygen atoms in total. The van der Waals surface area contributed by atoms with E-state index in [2.05, 4.69) is 56.8 Å². The monoisotopic (exact) mass is 409 g/mol. The number of carbonyl (C=O) groups is 1. The molecule has 0 spiro atoms. The summed E-state index contributed by atoms with van der Waals surface area (Å²) in [5.74, 6) is 1.13. The molecule has 0 bridgehead atoms. The second kappa shape index (κ2) is 9.24. The molecule has 0 saturated carbocycles. The van der Waals surface area contributed by atoms with Crippen LogP contribution in [0, 0.1) is 0 Å². The summed E-state index contributed by atoms with van der Waals surface area (Å²) in [6.07, 6.45) is 0.977. The number of hydrogen-bond donors (Lipinski definition) is 2. The van der Waals surface area contributed by atoms with Crippen LogP contribution in [0.4, 0.5) is 16.3 Å². The van der Waals surface area contributed by atoms with Crippen molar-refractivity contribution in [1.29, 1.82) is 0 Å². The predicted octanol–water partition coefficient (Wildman–Crippen LogP) is 3.80. The molecule has 1 aromatic heterocycles. The molecule has 0 radical (unpaired) electrons. The van der Waals surface area contributed by atoms with E-state index in [1.807, 2.05) is 19.1 Å². The molecule has 2 N–H and O–H groups in total. The smallest absolute Gasteiger partial charge is 0.319 e. The first-order valence-corrected chi connectivity index (χ1v) is 11.0. The fourth-order valence-electron chi connectivity index (χ4n) is 3.71. The van der Waals surface area contributed by atoms with E-state index in [1.54, 1.807) is 11.5 Å². The fourth-order valence-corrected chi connectivity index (χ4v) is 4.51. The lowest BCUT2D eigenvalue weighted by Crippen LogP contribution is -2.47. The molecule has 7 heteroatoms. The predicted molar refractivity (Wildman–Crippen MR) is 121 cm³/mol. The molecule has 0 unspecified atom stereocenters. The van der Waals surface area contributed by atoms with E-state index < -0.39 is 0 Å². The second-order valence-corrected chi connectivity index (χ2v) is 8.07. The topological polar surface area (TPSA) is 60.5 Å². The van der Waals surface area contributed by atoms with E-state index in [1.165, 1.54) is 15.6 Å². The molecule has 152 valence electrons. The zero-order valence-electron chi connectivity index (χ0n) is 16.7. The van der Waals surface area contributed by atoms with E-state index in [9.17, 15) is 4.79 Å². The maximum atomic E-state index is 11.7. The van der Waals surface area contributed by atoms with Gasteiger partial charge >= 0.3 is 6.03 Å². The highest BCUT2D eigenvalue weighted by atomic mass is 32.1. The van der Waals surface area contributed by atoms with Crippen molar-refractivity contribution in [2.75, 3.05) is 49.5 Å². The van der Waals surface area contributed by atoms with Crippen molar-refractivity contribution in [3.05, 3.63) is 54.1 Å². The van der Waals surface area contributed by atoms with Gasteiger partial charge in [0.25, 0.3) is 0 Å². The van der Waals surface area contributed by atoms with E-state index in [0.29, 0.717) is 6.54 Å². The van der Waals surface area contributed by atoms with Gasteiger partial charge in [-0.15, -0.1) is 0 Å². The molecule has 3 aromatic rings. The minimum atomic E-state index is -0.157. The average molecular weight is 410 g/mol. The largest absolute Gasteiger partial charge is 0.353 e. The van der Waals surface area contributed by atoms with Gasteiger partial charge in [-0.25, -0.2) is 4.79 Å². The third-order valence-corrected chi connectivity index (χ3v) is 6.09. The minimum absolute atomic E-state index is 0.157. The number of aromatic nitrogens is 1. The summed E-state index contributed by atoms with van der Waals surface area (Å²) >= 11 is 1.58. The fraction of sp³-hybridized carbons (Fsp3) is 0.364. The Kier molecular flexibility index (Phi) is 6.27. The average Bonchev–Trinajstić information content (AvgIpc) is 3.17. The summed E-state index contributed by atoms with van der Waals surface area (Å²) in [5, 5.41) is 6.90. The molecule has 4 rings (SSSR count). The molecule has 1 saturated heterocycles. The van der Waals surface area contributed by atoms with Crippen LogP contribution >= 0.6 is 11.5 Å². The van der Waals surface area contributed by atoms with Crippen molar-refractivity contribution in [2.45, 2.75) is 13.3 Å². The first-order chi connectivity index (χ1) is 14.2. The van der Waals surface area contributed by atoms with Gasteiger partial charge in [-0.1, -0.05) is 24.3 Å². The van der Waals surface area contributed by atoms with Crippen molar-refractivity contribution in [1.82, 2.24) is 14.6 Å². The van der Waals surface area contributed by atoms with Gasteiger partial charge in [-0.3, -0.25) is 4.90 Å². The van der Waals surface area contributed by atoms with Crippen LogP contribution < -0.4 is 15.5 Å². The molecular weight excluding hydrogens is 382 g/mol. The van der Waals surface area contributed by atoms with Crippen molar-refractivity contribution in [3.63, 3.8) is 0 Å². The highest BCUT2D eigenvalue weighted by Gasteiger charge is 2.20. The van der Waals surface area contributed by atoms with Crippen molar-refractivity contribution in [2.24, 2.45) is 0 Å². The van der Waals surface area contributed by atoms with Gasteiger partial charge in [0, 0.05) is 50.3 Å². The lowest BCUT2D eigenvalue weighted by Gasteiger charge is -2.35. The number of fused-ring (bicyclic) bond motifs is 1. The molecule has 0 atom stereocenters. The highest BCUT2D eigenvalue weighted by molar-refractivity contribution is 7.13. The van der Waals surface area contributed by atoms with Crippen LogP contribution in [-0.2, 0) is 6.42 Å². The van der Waals surface area contributed by atoms with Crippen LogP contribution in [0.15, 0.2) is 48.5 Å². The Morgan fingerprint density at radius 1 is 1.10 bits per heavy atom. The van der Waals surface area contributed by atoms with Crippen LogP contribution in [-0.4, -0.2) is 54.6 Å². The van der Waals surface area contributed by atoms with Gasteiger partial charge < -0.3 is 15.5 Å². The molecule has 2 heterocycles. The molecule has 1 aliphatic heterocycles. The molecule has 0 aliphatic carbocycles. The van der Waals surface area contributed by atoms with Crippen LogP contribution in [0.5, 0.6) is 0 Å². The summed E-state index contributed by atoms with van der Waals surface area (Å²) < 4.78 is 5.95. The van der Waals surface area contributed by atoms with Gasteiger partial charge in [-0.05, 0) is 54.7 Å². The Morgan fingerprint density at radius 2 is 1.93 bits per heavy atom. The Morgan fingerprint density at radius 3 is 2.76 bits per heavy atom. The Balaban J connectivity index is 1.29. The molecule has 1 aliphatic rings. The number of amides is 2. The number of carbonyl (C=O) groups excluding carboxylic acids is 1. The second-order valence-electron chi connectivity index (χ2n) is 7.27. The molecule has 2 aromatic carbocycles. The quantitative estimate of drug-likeness (QED) is 0.650. The first-order valence-electron chi connectivity index (χ1n) is 10.2. The maximum Gasteiger partial charge on any atom is 0.319 e. The lowest BCUT2D eigenvalue weighted by atomic mass is 10.1. The van der Waals surface area contributed by atoms with E-state index in [4.69, 9.17) is 4.37 Å². The minimum Gasteiger partial charge on any atom is -0.353 e. The van der Waals surface area contributed by atoms with E-state index in [-0.39, 0.29) is 6.03 Å². The van der Waals surface area contributed by atoms with Crippen molar-refractivity contribution < 1.29 is 4.79 Å². The summed E-state index contributed by atoms with van der Waals surface area (Å²) in [7, 11) is 0. The van der Waals surface area contributed by atoms with Crippen molar-refractivity contribution in [3.8, 4) is 0 Å². The van der Waals surface area contributed by atoms with Gasteiger partial charge in [-0.2, -0.15) is 4.37 Å². The summed E-state index contributed by atoms with van der Waals surface area (Å²) in [6, 6.07) is 16.4. The van der Waals surface area contributed by atoms with Gasteiger partial charge in [0.15, 0.2) is 0 Å². The van der Waals surface area contributed by atoms with Crippen LogP contribution in [0.25, 0.3) is 10.1 Å². The lowest BCUT2D eigenvalue weighted by molar-refractivity contribution is 0.252. The summed E-state index contributed by atoms with van der Waals surface area (Å²) in [6.45, 7) is 7.65. The van der Waals surface area contributed by atoms with E-state index >= 15 is 0 Å². The number of benzene rings is 2. The third kappa shape index (κ3) is 4.86. The number of piperazine rings is 1. The van der Waals surface area contributed by atoms with E-state index in [0.717, 1.165) is 50.6 Å². The standard InChI is InChI=1S/C22H27N5OS/c1-2-23-22(28)24-18-7-5-6-17(16-18)10-11-26-12-14-27(15-13-26)21-19-8-3-4-9-20(19)29-25-21/h3-9,16H,2,10-15H2,1H3,(H2,23,24,28). The maximum absolute atomic E-state index is 11.7. The van der Waals surface area contributed by atoms with Crippen molar-refractivity contribution >= 4 is 39.2 Å². The summed E-state index contributed by atoms with van der Waals surface area (Å²) in [4.78, 5) is 16.6. The number of nitrogens with one attached hydrogen (secondary N) is 2. The third-order valence-electron chi connectivity index (χ3n) is 5.27. The zero-order valence-corrected chi connectivity index (χ0v) is 17.5. The zero-order chi connectivity index (χ0) is 20.1. The molecule has 2 amide bonds. The van der Waals surface area contributed by atoms with Crippen LogP contribution in [0.3, 0.4) is 0 Å². The number of urea groups is 1. The number of nitrogens with zero attached hydrogens (tertiary/aromatic N) is 3. The van der Waals surface area contributed by atoms with Crippen LogP contribution in [0.2, 0.25) is 0 Å². The number of rotatable bonds is 6. The Hall–Kier alpha value is -2.64. The van der Waals surface area contributed by atoms with Gasteiger partial charge in [0.05, 0.1) is 4.70 Å². The summed E-state index contributed by atoms with van der Waals surface area (Å²) in [5.41, 5.74) is 2.08. The number of anilines is 2. The highest BCUT2D eigenvalue weighted by Crippen LogP contribution is 2.29.